The van der Waals surface area contributed by atoms with Gasteiger partial charge in [-0.2, -0.15) is 0 Å². The maximum absolute atomic E-state index is 10.5. The van der Waals surface area contributed by atoms with Crippen LogP contribution in [0.3, 0.4) is 0 Å². The predicted octanol–water partition coefficient (Wildman–Crippen LogP) is 0.315. The van der Waals surface area contributed by atoms with Gasteiger partial charge in [0, 0.05) is 6.42 Å². The molecule has 0 aromatic heterocycles. The van der Waals surface area contributed by atoms with Gasteiger partial charge in [0.1, 0.15) is 12.4 Å². The number of carbonyl (C=O) groups is 1. The lowest BCUT2D eigenvalue weighted by Gasteiger charge is -1.94. The van der Waals surface area contributed by atoms with Crippen molar-refractivity contribution in [2.75, 3.05) is 6.54 Å². The predicted molar refractivity (Wildman–Crippen MR) is 35.4 cm³/mol. The van der Waals surface area contributed by atoms with Crippen LogP contribution in [0.15, 0.2) is 4.99 Å². The van der Waals surface area contributed by atoms with E-state index in [1.807, 2.05) is 0 Å². The molecule has 0 aromatic carbocycles. The summed E-state index contributed by atoms with van der Waals surface area (Å²) in [5.74, 6) is 0.876. The first-order valence-electron chi connectivity index (χ1n) is 3.16. The summed E-state index contributed by atoms with van der Waals surface area (Å²) >= 11 is 0. The zero-order valence-electron chi connectivity index (χ0n) is 5.48. The standard InChI is InChI=1S/C6H10N2O/c1-2-3-5-7-4-6(9)8-5/h2-4H2,1H3,(H,7,8,9). The molecule has 1 rings (SSSR count). The number of carbonyl (C=O) groups excluding carboxylic acids is 1. The Morgan fingerprint density at radius 1 is 1.78 bits per heavy atom. The highest BCUT2D eigenvalue weighted by atomic mass is 16.2. The average molecular weight is 126 g/mol. The van der Waals surface area contributed by atoms with Gasteiger partial charge < -0.3 is 5.32 Å². The summed E-state index contributed by atoms with van der Waals surface area (Å²) in [6, 6.07) is 0. The zero-order valence-corrected chi connectivity index (χ0v) is 5.48. The molecule has 0 aliphatic carbocycles. The van der Waals surface area contributed by atoms with Crippen LogP contribution in [0.5, 0.6) is 0 Å². The van der Waals surface area contributed by atoms with Crippen molar-refractivity contribution in [2.24, 2.45) is 4.99 Å². The summed E-state index contributed by atoms with van der Waals surface area (Å²) in [6.07, 6.45) is 1.94. The van der Waals surface area contributed by atoms with E-state index in [9.17, 15) is 4.79 Å². The molecule has 0 aromatic rings. The van der Waals surface area contributed by atoms with E-state index in [-0.39, 0.29) is 5.91 Å². The molecule has 0 atom stereocenters. The lowest BCUT2D eigenvalue weighted by molar-refractivity contribution is -0.117. The van der Waals surface area contributed by atoms with Gasteiger partial charge in [0.05, 0.1) is 0 Å². The molecule has 50 valence electrons. The summed E-state index contributed by atoms with van der Waals surface area (Å²) < 4.78 is 0. The first kappa shape index (κ1) is 6.26. The Hall–Kier alpha value is -0.860. The molecule has 0 saturated carbocycles. The molecule has 0 radical (unpaired) electrons. The number of amides is 1. The normalized spacial score (nSPS) is 17.4. The Morgan fingerprint density at radius 3 is 3.00 bits per heavy atom. The molecular formula is C6H10N2O. The second-order valence-corrected chi connectivity index (χ2v) is 2.06. The van der Waals surface area contributed by atoms with E-state index in [0.29, 0.717) is 6.54 Å². The first-order valence-corrected chi connectivity index (χ1v) is 3.16. The SMILES string of the molecule is CCCC1=NCC(=O)N1. The summed E-state index contributed by atoms with van der Waals surface area (Å²) in [4.78, 5) is 14.5. The summed E-state index contributed by atoms with van der Waals surface area (Å²) in [5, 5.41) is 2.67. The van der Waals surface area contributed by atoms with Crippen molar-refractivity contribution in [1.82, 2.24) is 5.32 Å². The van der Waals surface area contributed by atoms with Gasteiger partial charge in [0.15, 0.2) is 0 Å². The first-order chi connectivity index (χ1) is 4.33. The Morgan fingerprint density at radius 2 is 2.56 bits per heavy atom. The fraction of sp³-hybridized carbons (Fsp3) is 0.667. The fourth-order valence-electron chi connectivity index (χ4n) is 0.786. The van der Waals surface area contributed by atoms with Crippen LogP contribution in [0.2, 0.25) is 0 Å². The van der Waals surface area contributed by atoms with Crippen molar-refractivity contribution < 1.29 is 4.79 Å². The van der Waals surface area contributed by atoms with Gasteiger partial charge in [-0.3, -0.25) is 9.79 Å². The maximum Gasteiger partial charge on any atom is 0.246 e. The van der Waals surface area contributed by atoms with Gasteiger partial charge in [0.2, 0.25) is 5.91 Å². The van der Waals surface area contributed by atoms with E-state index < -0.39 is 0 Å². The quantitative estimate of drug-likeness (QED) is 0.568. The molecule has 9 heavy (non-hydrogen) atoms. The Labute approximate surface area is 54.2 Å². The average Bonchev–Trinajstić information content (AvgIpc) is 2.17. The van der Waals surface area contributed by atoms with E-state index in [1.165, 1.54) is 0 Å². The van der Waals surface area contributed by atoms with Crippen molar-refractivity contribution in [2.45, 2.75) is 19.8 Å². The molecule has 0 fully saturated rings. The second kappa shape index (κ2) is 2.62. The topological polar surface area (TPSA) is 41.5 Å². The molecule has 0 spiro atoms. The molecule has 1 aliphatic heterocycles. The molecule has 1 N–H and O–H groups in total. The third-order valence-electron chi connectivity index (χ3n) is 1.18. The highest BCUT2D eigenvalue weighted by Gasteiger charge is 2.10. The van der Waals surface area contributed by atoms with Gasteiger partial charge >= 0.3 is 0 Å². The molecule has 0 bridgehead atoms. The molecule has 3 heteroatoms. The van der Waals surface area contributed by atoms with E-state index in [4.69, 9.17) is 0 Å². The van der Waals surface area contributed by atoms with Gasteiger partial charge in [-0.25, -0.2) is 0 Å². The number of nitrogens with one attached hydrogen (secondary N) is 1. The minimum atomic E-state index is 0.0263. The summed E-state index contributed by atoms with van der Waals surface area (Å²) in [6.45, 7) is 2.39. The van der Waals surface area contributed by atoms with E-state index in [1.54, 1.807) is 0 Å². The van der Waals surface area contributed by atoms with Crippen LogP contribution in [0.25, 0.3) is 0 Å². The van der Waals surface area contributed by atoms with Crippen LogP contribution in [0.4, 0.5) is 0 Å². The van der Waals surface area contributed by atoms with Crippen molar-refractivity contribution in [1.29, 1.82) is 0 Å². The van der Waals surface area contributed by atoms with Crippen LogP contribution < -0.4 is 5.32 Å². The molecule has 1 heterocycles. The number of hydrogen-bond donors (Lipinski definition) is 1. The highest BCUT2D eigenvalue weighted by molar-refractivity contribution is 6.03. The number of nitrogens with zero attached hydrogens (tertiary/aromatic N) is 1. The van der Waals surface area contributed by atoms with E-state index in [0.717, 1.165) is 18.7 Å². The van der Waals surface area contributed by atoms with E-state index >= 15 is 0 Å². The monoisotopic (exact) mass is 126 g/mol. The van der Waals surface area contributed by atoms with E-state index in [2.05, 4.69) is 17.2 Å². The van der Waals surface area contributed by atoms with Crippen LogP contribution in [-0.4, -0.2) is 18.3 Å². The van der Waals surface area contributed by atoms with Gasteiger partial charge in [0.25, 0.3) is 0 Å². The smallest absolute Gasteiger partial charge is 0.246 e. The maximum atomic E-state index is 10.5. The number of rotatable bonds is 2. The second-order valence-electron chi connectivity index (χ2n) is 2.06. The number of hydrogen-bond acceptors (Lipinski definition) is 2. The van der Waals surface area contributed by atoms with Crippen molar-refractivity contribution in [3.05, 3.63) is 0 Å². The Kier molecular flexibility index (Phi) is 1.82. The van der Waals surface area contributed by atoms with Crippen molar-refractivity contribution in [3.63, 3.8) is 0 Å². The largest absolute Gasteiger partial charge is 0.313 e. The van der Waals surface area contributed by atoms with Crippen LogP contribution in [-0.2, 0) is 4.79 Å². The number of aliphatic imine (C=N–C) groups is 1. The van der Waals surface area contributed by atoms with Gasteiger partial charge in [-0.15, -0.1) is 0 Å². The summed E-state index contributed by atoms with van der Waals surface area (Å²) in [7, 11) is 0. The highest BCUT2D eigenvalue weighted by Crippen LogP contribution is 1.94. The minimum Gasteiger partial charge on any atom is -0.313 e. The third-order valence-corrected chi connectivity index (χ3v) is 1.18. The molecule has 0 unspecified atom stereocenters. The molecule has 1 amide bonds. The lowest BCUT2D eigenvalue weighted by Crippen LogP contribution is -2.23. The molecule has 1 aliphatic rings. The van der Waals surface area contributed by atoms with Crippen LogP contribution in [0.1, 0.15) is 19.8 Å². The van der Waals surface area contributed by atoms with Crippen LogP contribution in [0, 0.1) is 0 Å². The van der Waals surface area contributed by atoms with Crippen LogP contribution >= 0.6 is 0 Å². The van der Waals surface area contributed by atoms with Gasteiger partial charge in [-0.1, -0.05) is 6.92 Å². The lowest BCUT2D eigenvalue weighted by atomic mass is 10.3. The Balaban J connectivity index is 2.36. The number of amidine groups is 1. The zero-order chi connectivity index (χ0) is 6.69. The molecular weight excluding hydrogens is 116 g/mol. The Bertz CT molecular complexity index is 151. The minimum absolute atomic E-state index is 0.0263. The van der Waals surface area contributed by atoms with Crippen molar-refractivity contribution in [3.8, 4) is 0 Å². The molecule has 3 nitrogen and oxygen atoms in total. The van der Waals surface area contributed by atoms with Gasteiger partial charge in [-0.05, 0) is 6.42 Å². The van der Waals surface area contributed by atoms with Crippen molar-refractivity contribution >= 4 is 11.7 Å². The third kappa shape index (κ3) is 1.52. The fourth-order valence-corrected chi connectivity index (χ4v) is 0.786. The molecule has 0 saturated heterocycles. The summed E-state index contributed by atoms with van der Waals surface area (Å²) in [5.41, 5.74) is 0.